The van der Waals surface area contributed by atoms with Crippen LogP contribution in [0.4, 0.5) is 4.39 Å². The third-order valence-corrected chi connectivity index (χ3v) is 2.43. The van der Waals surface area contributed by atoms with Gasteiger partial charge in [-0.25, -0.2) is 14.0 Å². The molecule has 0 amide bonds. The Kier molecular flexibility index (Phi) is 6.66. The standard InChI is InChI=1S/C14H17FO5/c1-2-8-19-14(18)12(11(16)9-15)20-13(17)10-6-4-3-5-7-10/h3-7,11-12,16H,2,8-9H2,1H3/t11-,12-/m1/s1. The van der Waals surface area contributed by atoms with E-state index in [1.807, 2.05) is 0 Å². The maximum absolute atomic E-state index is 12.5. The summed E-state index contributed by atoms with van der Waals surface area (Å²) in [6, 6.07) is 7.91. The first kappa shape index (κ1) is 16.1. The molecule has 2 atom stereocenters. The van der Waals surface area contributed by atoms with Crippen molar-refractivity contribution in [2.75, 3.05) is 13.3 Å². The van der Waals surface area contributed by atoms with Crippen molar-refractivity contribution >= 4 is 11.9 Å². The van der Waals surface area contributed by atoms with Crippen LogP contribution in [0.25, 0.3) is 0 Å². The Morgan fingerprint density at radius 1 is 1.30 bits per heavy atom. The summed E-state index contributed by atoms with van der Waals surface area (Å²) < 4.78 is 22.1. The number of halogens is 1. The molecule has 0 aliphatic carbocycles. The van der Waals surface area contributed by atoms with E-state index in [1.165, 1.54) is 12.1 Å². The number of aliphatic hydroxyl groups is 1. The molecule has 0 spiro atoms. The van der Waals surface area contributed by atoms with Gasteiger partial charge in [-0.1, -0.05) is 25.1 Å². The van der Waals surface area contributed by atoms with E-state index in [0.717, 1.165) is 0 Å². The molecule has 1 rings (SSSR count). The van der Waals surface area contributed by atoms with E-state index in [1.54, 1.807) is 25.1 Å². The van der Waals surface area contributed by atoms with Crippen molar-refractivity contribution in [1.82, 2.24) is 0 Å². The van der Waals surface area contributed by atoms with E-state index in [4.69, 9.17) is 9.47 Å². The molecule has 1 aromatic rings. The van der Waals surface area contributed by atoms with Crippen molar-refractivity contribution in [3.8, 4) is 0 Å². The van der Waals surface area contributed by atoms with Gasteiger partial charge in [0.1, 0.15) is 12.8 Å². The number of carbonyl (C=O) groups is 2. The topological polar surface area (TPSA) is 72.8 Å². The number of aliphatic hydroxyl groups excluding tert-OH is 1. The van der Waals surface area contributed by atoms with Crippen molar-refractivity contribution in [3.05, 3.63) is 35.9 Å². The van der Waals surface area contributed by atoms with Gasteiger partial charge in [0, 0.05) is 0 Å². The van der Waals surface area contributed by atoms with Gasteiger partial charge in [-0.15, -0.1) is 0 Å². The van der Waals surface area contributed by atoms with Gasteiger partial charge in [-0.2, -0.15) is 0 Å². The van der Waals surface area contributed by atoms with E-state index in [2.05, 4.69) is 0 Å². The zero-order valence-corrected chi connectivity index (χ0v) is 11.1. The molecule has 0 bridgehead atoms. The third-order valence-electron chi connectivity index (χ3n) is 2.43. The predicted octanol–water partition coefficient (Wildman–Crippen LogP) is 1.50. The van der Waals surface area contributed by atoms with Crippen molar-refractivity contribution in [3.63, 3.8) is 0 Å². The maximum Gasteiger partial charge on any atom is 0.350 e. The Bertz CT molecular complexity index is 434. The van der Waals surface area contributed by atoms with Crippen LogP contribution in [0.5, 0.6) is 0 Å². The molecule has 0 saturated heterocycles. The summed E-state index contributed by atoms with van der Waals surface area (Å²) in [6.07, 6.45) is -2.84. The van der Waals surface area contributed by atoms with Crippen LogP contribution in [0.3, 0.4) is 0 Å². The van der Waals surface area contributed by atoms with Crippen LogP contribution in [0.1, 0.15) is 23.7 Å². The molecule has 0 fully saturated rings. The maximum atomic E-state index is 12.5. The molecule has 0 aliphatic heterocycles. The lowest BCUT2D eigenvalue weighted by molar-refractivity contribution is -0.161. The Morgan fingerprint density at radius 3 is 2.50 bits per heavy atom. The average molecular weight is 284 g/mol. The fourth-order valence-electron chi connectivity index (χ4n) is 1.41. The summed E-state index contributed by atoms with van der Waals surface area (Å²) in [5.74, 6) is -1.78. The van der Waals surface area contributed by atoms with Gasteiger partial charge in [-0.3, -0.25) is 0 Å². The fraction of sp³-hybridized carbons (Fsp3) is 0.429. The fourth-order valence-corrected chi connectivity index (χ4v) is 1.41. The van der Waals surface area contributed by atoms with Gasteiger partial charge in [0.2, 0.25) is 6.10 Å². The molecule has 0 unspecified atom stereocenters. The summed E-state index contributed by atoms with van der Waals surface area (Å²) in [7, 11) is 0. The molecule has 0 radical (unpaired) electrons. The lowest BCUT2D eigenvalue weighted by Crippen LogP contribution is -2.41. The first-order valence-electron chi connectivity index (χ1n) is 6.26. The molecule has 0 aliphatic rings. The predicted molar refractivity (Wildman–Crippen MR) is 68.9 cm³/mol. The first-order valence-corrected chi connectivity index (χ1v) is 6.26. The molecule has 110 valence electrons. The molecule has 6 heteroatoms. The Hall–Kier alpha value is -1.95. The second-order valence-electron chi connectivity index (χ2n) is 4.08. The molecular weight excluding hydrogens is 267 g/mol. The SMILES string of the molecule is CCCOC(=O)[C@H](OC(=O)c1ccccc1)[C@H](O)CF. The van der Waals surface area contributed by atoms with Gasteiger partial charge in [-0.05, 0) is 18.6 Å². The van der Waals surface area contributed by atoms with Gasteiger partial charge in [0.05, 0.1) is 12.2 Å². The highest BCUT2D eigenvalue weighted by molar-refractivity contribution is 5.91. The van der Waals surface area contributed by atoms with Crippen molar-refractivity contribution in [2.45, 2.75) is 25.6 Å². The van der Waals surface area contributed by atoms with Crippen LogP contribution >= 0.6 is 0 Å². The van der Waals surface area contributed by atoms with Crippen molar-refractivity contribution < 1.29 is 28.6 Å². The van der Waals surface area contributed by atoms with Crippen LogP contribution in [0, 0.1) is 0 Å². The Morgan fingerprint density at radius 2 is 1.95 bits per heavy atom. The Balaban J connectivity index is 2.74. The van der Waals surface area contributed by atoms with Crippen LogP contribution in [-0.4, -0.2) is 42.5 Å². The van der Waals surface area contributed by atoms with Gasteiger partial charge >= 0.3 is 11.9 Å². The average Bonchev–Trinajstić information content (AvgIpc) is 2.50. The number of ether oxygens (including phenoxy) is 2. The number of benzene rings is 1. The highest BCUT2D eigenvalue weighted by atomic mass is 19.1. The number of rotatable bonds is 7. The minimum atomic E-state index is -1.74. The van der Waals surface area contributed by atoms with E-state index in [0.29, 0.717) is 6.42 Å². The molecule has 0 saturated carbocycles. The van der Waals surface area contributed by atoms with Gasteiger partial charge in [0.15, 0.2) is 0 Å². The zero-order chi connectivity index (χ0) is 15.0. The third kappa shape index (κ3) is 4.62. The van der Waals surface area contributed by atoms with Crippen molar-refractivity contribution in [1.29, 1.82) is 0 Å². The Labute approximate surface area is 116 Å². The highest BCUT2D eigenvalue weighted by Gasteiger charge is 2.32. The second-order valence-corrected chi connectivity index (χ2v) is 4.08. The molecule has 5 nitrogen and oxygen atoms in total. The summed E-state index contributed by atoms with van der Waals surface area (Å²) in [4.78, 5) is 23.4. The molecule has 1 N–H and O–H groups in total. The molecular formula is C14H17FO5. The van der Waals surface area contributed by atoms with Crippen LogP contribution in [0.2, 0.25) is 0 Å². The molecule has 20 heavy (non-hydrogen) atoms. The summed E-state index contributed by atoms with van der Waals surface area (Å²) >= 11 is 0. The first-order chi connectivity index (χ1) is 9.60. The highest BCUT2D eigenvalue weighted by Crippen LogP contribution is 2.09. The summed E-state index contributed by atoms with van der Waals surface area (Å²) in [5.41, 5.74) is 0.201. The normalized spacial score (nSPS) is 13.3. The quantitative estimate of drug-likeness (QED) is 0.768. The summed E-state index contributed by atoms with van der Waals surface area (Å²) in [6.45, 7) is 0.676. The molecule has 0 heterocycles. The van der Waals surface area contributed by atoms with Gasteiger partial charge in [0.25, 0.3) is 0 Å². The number of esters is 2. The van der Waals surface area contributed by atoms with Crippen molar-refractivity contribution in [2.24, 2.45) is 0 Å². The van der Waals surface area contributed by atoms with Gasteiger partial charge < -0.3 is 14.6 Å². The van der Waals surface area contributed by atoms with E-state index in [-0.39, 0.29) is 12.2 Å². The number of alkyl halides is 1. The molecule has 1 aromatic carbocycles. The number of carbonyl (C=O) groups excluding carboxylic acids is 2. The smallest absolute Gasteiger partial charge is 0.350 e. The monoisotopic (exact) mass is 284 g/mol. The largest absolute Gasteiger partial charge is 0.463 e. The van der Waals surface area contributed by atoms with Crippen LogP contribution in [-0.2, 0) is 14.3 Å². The minimum absolute atomic E-state index is 0.108. The van der Waals surface area contributed by atoms with E-state index in [9.17, 15) is 19.1 Å². The minimum Gasteiger partial charge on any atom is -0.463 e. The van der Waals surface area contributed by atoms with Crippen LogP contribution in [0.15, 0.2) is 30.3 Å². The lowest BCUT2D eigenvalue weighted by atomic mass is 10.2. The lowest BCUT2D eigenvalue weighted by Gasteiger charge is -2.19. The van der Waals surface area contributed by atoms with E-state index < -0.39 is 30.8 Å². The van der Waals surface area contributed by atoms with Crippen LogP contribution < -0.4 is 0 Å². The molecule has 0 aromatic heterocycles. The summed E-state index contributed by atoms with van der Waals surface area (Å²) in [5, 5.41) is 9.43. The van der Waals surface area contributed by atoms with E-state index >= 15 is 0 Å². The number of hydrogen-bond donors (Lipinski definition) is 1. The second kappa shape index (κ2) is 8.27. The zero-order valence-electron chi connectivity index (χ0n) is 11.1. The number of hydrogen-bond acceptors (Lipinski definition) is 5.